The second kappa shape index (κ2) is 8.98. The highest BCUT2D eigenvalue weighted by Gasteiger charge is 2.14. The van der Waals surface area contributed by atoms with Crippen LogP contribution >= 0.6 is 11.3 Å². The molecule has 9 heteroatoms. The van der Waals surface area contributed by atoms with Crippen molar-refractivity contribution in [3.05, 3.63) is 53.4 Å². The molecule has 1 N–H and O–H groups in total. The molecule has 2 aromatic heterocycles. The summed E-state index contributed by atoms with van der Waals surface area (Å²) in [7, 11) is 0. The SMILES string of the molecule is Cc1nc(NCc2ccc(F)c(F)c2)sc1-c1ccn(CCN2CCOCC2)n1. The maximum Gasteiger partial charge on any atom is 0.183 e. The first-order valence-corrected chi connectivity index (χ1v) is 10.4. The van der Waals surface area contributed by atoms with Crippen molar-refractivity contribution in [2.75, 3.05) is 38.2 Å². The fourth-order valence-electron chi connectivity index (χ4n) is 3.21. The third-order valence-corrected chi connectivity index (χ3v) is 5.98. The van der Waals surface area contributed by atoms with E-state index in [9.17, 15) is 8.78 Å². The maximum atomic E-state index is 13.3. The number of nitrogens with zero attached hydrogens (tertiary/aromatic N) is 4. The van der Waals surface area contributed by atoms with Gasteiger partial charge >= 0.3 is 0 Å². The van der Waals surface area contributed by atoms with Crippen molar-refractivity contribution in [2.24, 2.45) is 0 Å². The number of hydrogen-bond acceptors (Lipinski definition) is 6. The smallest absolute Gasteiger partial charge is 0.183 e. The van der Waals surface area contributed by atoms with Crippen LogP contribution in [0.5, 0.6) is 0 Å². The molecular weight excluding hydrogens is 396 g/mol. The van der Waals surface area contributed by atoms with E-state index in [-0.39, 0.29) is 0 Å². The van der Waals surface area contributed by atoms with Crippen molar-refractivity contribution in [3.8, 4) is 10.6 Å². The van der Waals surface area contributed by atoms with Gasteiger partial charge in [0.2, 0.25) is 0 Å². The number of thiazole rings is 1. The minimum absolute atomic E-state index is 0.373. The predicted octanol–water partition coefficient (Wildman–Crippen LogP) is 3.54. The van der Waals surface area contributed by atoms with Crippen LogP contribution in [0.1, 0.15) is 11.3 Å². The molecule has 0 spiro atoms. The lowest BCUT2D eigenvalue weighted by molar-refractivity contribution is 0.0360. The minimum atomic E-state index is -0.845. The van der Waals surface area contributed by atoms with Crippen molar-refractivity contribution in [1.29, 1.82) is 0 Å². The molecule has 3 heterocycles. The number of aryl methyl sites for hydroxylation is 1. The summed E-state index contributed by atoms with van der Waals surface area (Å²) in [6.07, 6.45) is 1.99. The van der Waals surface area contributed by atoms with Crippen molar-refractivity contribution < 1.29 is 13.5 Å². The fraction of sp³-hybridized carbons (Fsp3) is 0.400. The summed E-state index contributed by atoms with van der Waals surface area (Å²) < 4.78 is 33.7. The van der Waals surface area contributed by atoms with Gasteiger partial charge in [-0.2, -0.15) is 5.10 Å². The van der Waals surface area contributed by atoms with Crippen LogP contribution in [-0.4, -0.2) is 52.5 Å². The largest absolute Gasteiger partial charge is 0.379 e. The number of halogens is 2. The zero-order valence-electron chi connectivity index (χ0n) is 16.2. The first-order valence-electron chi connectivity index (χ1n) is 9.57. The zero-order chi connectivity index (χ0) is 20.2. The molecular formula is C20H23F2N5OS. The van der Waals surface area contributed by atoms with Gasteiger partial charge in [-0.1, -0.05) is 17.4 Å². The number of nitrogens with one attached hydrogen (secondary N) is 1. The molecule has 0 amide bonds. The number of rotatable bonds is 7. The number of benzene rings is 1. The Bertz CT molecular complexity index is 968. The molecule has 154 valence electrons. The molecule has 0 aliphatic carbocycles. The number of morpholine rings is 1. The topological polar surface area (TPSA) is 55.2 Å². The molecule has 6 nitrogen and oxygen atoms in total. The molecule has 0 radical (unpaired) electrons. The Morgan fingerprint density at radius 1 is 1.14 bits per heavy atom. The van der Waals surface area contributed by atoms with E-state index in [1.54, 1.807) is 6.07 Å². The Labute approximate surface area is 172 Å². The molecule has 0 bridgehead atoms. The van der Waals surface area contributed by atoms with Gasteiger partial charge in [-0.05, 0) is 30.7 Å². The van der Waals surface area contributed by atoms with Crippen molar-refractivity contribution in [2.45, 2.75) is 20.0 Å². The number of hydrogen-bond donors (Lipinski definition) is 1. The van der Waals surface area contributed by atoms with E-state index in [0.717, 1.165) is 66.9 Å². The molecule has 0 unspecified atom stereocenters. The Morgan fingerprint density at radius 3 is 2.76 bits per heavy atom. The van der Waals surface area contributed by atoms with Crippen LogP contribution in [-0.2, 0) is 17.8 Å². The zero-order valence-corrected chi connectivity index (χ0v) is 17.0. The molecule has 1 fully saturated rings. The van der Waals surface area contributed by atoms with Crippen LogP contribution in [0.25, 0.3) is 10.6 Å². The van der Waals surface area contributed by atoms with Gasteiger partial charge in [0.05, 0.1) is 30.3 Å². The van der Waals surface area contributed by atoms with Crippen molar-refractivity contribution in [1.82, 2.24) is 19.7 Å². The molecule has 1 aliphatic heterocycles. The molecule has 1 aromatic carbocycles. The highest BCUT2D eigenvalue weighted by atomic mass is 32.1. The van der Waals surface area contributed by atoms with E-state index in [2.05, 4.69) is 20.3 Å². The minimum Gasteiger partial charge on any atom is -0.379 e. The fourth-order valence-corrected chi connectivity index (χ4v) is 4.14. The van der Waals surface area contributed by atoms with Gasteiger partial charge in [0.1, 0.15) is 5.69 Å². The van der Waals surface area contributed by atoms with Crippen LogP contribution in [0, 0.1) is 18.6 Å². The van der Waals surface area contributed by atoms with E-state index in [1.165, 1.54) is 17.4 Å². The maximum absolute atomic E-state index is 13.3. The molecule has 1 aliphatic rings. The predicted molar refractivity (Wildman–Crippen MR) is 109 cm³/mol. The lowest BCUT2D eigenvalue weighted by Crippen LogP contribution is -2.38. The van der Waals surface area contributed by atoms with Crippen LogP contribution in [0.2, 0.25) is 0 Å². The molecule has 0 saturated carbocycles. The monoisotopic (exact) mass is 419 g/mol. The van der Waals surface area contributed by atoms with Crippen LogP contribution in [0.3, 0.4) is 0 Å². The quantitative estimate of drug-likeness (QED) is 0.635. The van der Waals surface area contributed by atoms with E-state index in [4.69, 9.17) is 4.74 Å². The van der Waals surface area contributed by atoms with Gasteiger partial charge in [0, 0.05) is 32.4 Å². The van der Waals surface area contributed by atoms with Gasteiger partial charge in [0.25, 0.3) is 0 Å². The summed E-state index contributed by atoms with van der Waals surface area (Å²) in [5.74, 6) is -1.69. The standard InChI is InChI=1S/C20H23F2N5OS/c1-14-19(18-4-5-27(25-18)7-6-26-8-10-28-11-9-26)29-20(24-14)23-13-15-2-3-16(21)17(22)12-15/h2-5,12H,6-11,13H2,1H3,(H,23,24). The summed E-state index contributed by atoms with van der Waals surface area (Å²) >= 11 is 1.51. The van der Waals surface area contributed by atoms with Gasteiger partial charge in [-0.15, -0.1) is 0 Å². The van der Waals surface area contributed by atoms with Crippen LogP contribution in [0.4, 0.5) is 13.9 Å². The molecule has 1 saturated heterocycles. The molecule has 3 aromatic rings. The first kappa shape index (κ1) is 19.9. The second-order valence-electron chi connectivity index (χ2n) is 6.95. The van der Waals surface area contributed by atoms with Gasteiger partial charge in [-0.25, -0.2) is 13.8 Å². The highest BCUT2D eigenvalue weighted by molar-refractivity contribution is 7.19. The Kier molecular flexibility index (Phi) is 6.17. The van der Waals surface area contributed by atoms with E-state index < -0.39 is 11.6 Å². The Morgan fingerprint density at radius 2 is 1.97 bits per heavy atom. The molecule has 4 rings (SSSR count). The first-order chi connectivity index (χ1) is 14.1. The average Bonchev–Trinajstić information content (AvgIpc) is 3.34. The lowest BCUT2D eigenvalue weighted by Gasteiger charge is -2.26. The van der Waals surface area contributed by atoms with E-state index in [1.807, 2.05) is 23.9 Å². The van der Waals surface area contributed by atoms with E-state index >= 15 is 0 Å². The summed E-state index contributed by atoms with van der Waals surface area (Å²) in [5.41, 5.74) is 2.44. The van der Waals surface area contributed by atoms with Gasteiger partial charge < -0.3 is 10.1 Å². The third kappa shape index (κ3) is 4.98. The summed E-state index contributed by atoms with van der Waals surface area (Å²) in [4.78, 5) is 7.92. The summed E-state index contributed by atoms with van der Waals surface area (Å²) in [6, 6.07) is 5.89. The summed E-state index contributed by atoms with van der Waals surface area (Å²) in [6.45, 7) is 7.63. The summed E-state index contributed by atoms with van der Waals surface area (Å²) in [5, 5.41) is 8.59. The van der Waals surface area contributed by atoms with Crippen LogP contribution < -0.4 is 5.32 Å². The van der Waals surface area contributed by atoms with Gasteiger partial charge in [0.15, 0.2) is 16.8 Å². The Balaban J connectivity index is 1.37. The Hall–Kier alpha value is -2.36. The van der Waals surface area contributed by atoms with Gasteiger partial charge in [-0.3, -0.25) is 9.58 Å². The molecule has 29 heavy (non-hydrogen) atoms. The number of anilines is 1. The average molecular weight is 420 g/mol. The van der Waals surface area contributed by atoms with Crippen molar-refractivity contribution in [3.63, 3.8) is 0 Å². The van der Waals surface area contributed by atoms with Crippen molar-refractivity contribution >= 4 is 16.5 Å². The molecule has 0 atom stereocenters. The lowest BCUT2D eigenvalue weighted by atomic mass is 10.2. The van der Waals surface area contributed by atoms with Crippen LogP contribution in [0.15, 0.2) is 30.5 Å². The normalized spacial score (nSPS) is 15.0. The number of aromatic nitrogens is 3. The van der Waals surface area contributed by atoms with E-state index in [0.29, 0.717) is 12.1 Å². The highest BCUT2D eigenvalue weighted by Crippen LogP contribution is 2.31. The second-order valence-corrected chi connectivity index (χ2v) is 7.95. The third-order valence-electron chi connectivity index (χ3n) is 4.85. The number of ether oxygens (including phenoxy) is 1.